The van der Waals surface area contributed by atoms with Crippen LogP contribution in [0.1, 0.15) is 11.4 Å². The highest BCUT2D eigenvalue weighted by molar-refractivity contribution is 5.74. The number of ether oxygens (including phenoxy) is 1. The summed E-state index contributed by atoms with van der Waals surface area (Å²) >= 11 is 0. The molecule has 1 saturated heterocycles. The van der Waals surface area contributed by atoms with E-state index in [0.29, 0.717) is 43.3 Å². The number of hydrogen-bond acceptors (Lipinski definition) is 5. The van der Waals surface area contributed by atoms with Crippen LogP contribution in [0.25, 0.3) is 5.69 Å². The van der Waals surface area contributed by atoms with Crippen LogP contribution in [0.2, 0.25) is 0 Å². The fourth-order valence-electron chi connectivity index (χ4n) is 3.68. The van der Waals surface area contributed by atoms with Crippen molar-refractivity contribution in [1.82, 2.24) is 25.0 Å². The largest absolute Gasteiger partial charge is 0.494 e. The van der Waals surface area contributed by atoms with Gasteiger partial charge in [-0.1, -0.05) is 0 Å². The van der Waals surface area contributed by atoms with Gasteiger partial charge in [0.2, 0.25) is 0 Å². The minimum absolute atomic E-state index is 0.0636. The number of hydrogen-bond donors (Lipinski definition) is 1. The van der Waals surface area contributed by atoms with Crippen molar-refractivity contribution in [3.8, 4) is 11.4 Å². The number of halogens is 2. The van der Waals surface area contributed by atoms with Crippen LogP contribution in [-0.2, 0) is 6.54 Å². The van der Waals surface area contributed by atoms with E-state index in [9.17, 15) is 13.6 Å². The molecule has 2 aromatic carbocycles. The molecule has 8 nitrogen and oxygen atoms in total. The molecule has 2 amide bonds. The zero-order valence-corrected chi connectivity index (χ0v) is 17.9. The van der Waals surface area contributed by atoms with Gasteiger partial charge in [0.1, 0.15) is 35.2 Å². The highest BCUT2D eigenvalue weighted by Gasteiger charge is 2.22. The van der Waals surface area contributed by atoms with E-state index in [1.807, 2.05) is 25.1 Å². The lowest BCUT2D eigenvalue weighted by Crippen LogP contribution is -2.51. The quantitative estimate of drug-likeness (QED) is 0.658. The lowest BCUT2D eigenvalue weighted by atomic mass is 10.2. The molecule has 0 atom stereocenters. The van der Waals surface area contributed by atoms with E-state index in [-0.39, 0.29) is 12.6 Å². The Morgan fingerprint density at radius 2 is 1.81 bits per heavy atom. The Morgan fingerprint density at radius 3 is 2.44 bits per heavy atom. The van der Waals surface area contributed by atoms with Crippen LogP contribution in [0, 0.1) is 18.6 Å². The second-order valence-electron chi connectivity index (χ2n) is 7.50. The third kappa shape index (κ3) is 4.79. The average molecular weight is 442 g/mol. The highest BCUT2D eigenvalue weighted by atomic mass is 19.1. The predicted molar refractivity (Wildman–Crippen MR) is 115 cm³/mol. The Bertz CT molecular complexity index is 1090. The SMILES string of the molecule is COc1cc(N2CCN(C(=O)NCc3cc(F)cc(F)c3)CC2)ccc1-n1cnc(C)n1. The number of rotatable bonds is 5. The summed E-state index contributed by atoms with van der Waals surface area (Å²) in [6.45, 7) is 4.23. The van der Waals surface area contributed by atoms with Crippen LogP contribution in [0.15, 0.2) is 42.7 Å². The Labute approximate surface area is 184 Å². The van der Waals surface area contributed by atoms with Gasteiger partial charge in [0.15, 0.2) is 0 Å². The zero-order valence-electron chi connectivity index (χ0n) is 17.9. The second-order valence-corrected chi connectivity index (χ2v) is 7.50. The first-order valence-corrected chi connectivity index (χ1v) is 10.2. The Kier molecular flexibility index (Phi) is 6.20. The molecular formula is C22H24F2N6O2. The number of methoxy groups -OCH3 is 1. The van der Waals surface area contributed by atoms with Crippen molar-refractivity contribution in [1.29, 1.82) is 0 Å². The normalized spacial score (nSPS) is 13.9. The molecule has 2 heterocycles. The van der Waals surface area contributed by atoms with E-state index in [1.54, 1.807) is 23.0 Å². The molecule has 0 unspecified atom stereocenters. The Hall–Kier alpha value is -3.69. The van der Waals surface area contributed by atoms with Crippen molar-refractivity contribution < 1.29 is 18.3 Å². The topological polar surface area (TPSA) is 75.5 Å². The van der Waals surface area contributed by atoms with Crippen molar-refractivity contribution in [2.24, 2.45) is 0 Å². The number of urea groups is 1. The van der Waals surface area contributed by atoms with Crippen LogP contribution in [0.4, 0.5) is 19.3 Å². The van der Waals surface area contributed by atoms with Crippen LogP contribution >= 0.6 is 0 Å². The summed E-state index contributed by atoms with van der Waals surface area (Å²) in [5.41, 5.74) is 2.16. The molecular weight excluding hydrogens is 418 g/mol. The molecule has 3 aromatic rings. The standard InChI is InChI=1S/C22H24F2N6O2/c1-15-26-14-30(27-15)20-4-3-19(12-21(20)32-2)28-5-7-29(8-6-28)22(31)25-13-16-9-17(23)11-18(24)10-16/h3-4,9-12,14H,5-8,13H2,1-2H3,(H,25,31). The second kappa shape index (κ2) is 9.21. The first-order valence-electron chi connectivity index (χ1n) is 10.2. The minimum atomic E-state index is -0.664. The van der Waals surface area contributed by atoms with Gasteiger partial charge in [0, 0.05) is 50.5 Å². The summed E-state index contributed by atoms with van der Waals surface area (Å²) in [7, 11) is 1.61. The van der Waals surface area contributed by atoms with Gasteiger partial charge in [-0.3, -0.25) is 0 Å². The fraction of sp³-hybridized carbons (Fsp3) is 0.318. The number of amides is 2. The van der Waals surface area contributed by atoms with Crippen LogP contribution < -0.4 is 15.0 Å². The summed E-state index contributed by atoms with van der Waals surface area (Å²) < 4.78 is 33.8. The number of anilines is 1. The number of carbonyl (C=O) groups excluding carboxylic acids is 1. The molecule has 1 fully saturated rings. The third-order valence-corrected chi connectivity index (χ3v) is 5.31. The summed E-state index contributed by atoms with van der Waals surface area (Å²) in [6, 6.07) is 8.82. The highest BCUT2D eigenvalue weighted by Crippen LogP contribution is 2.28. The Morgan fingerprint density at radius 1 is 1.09 bits per heavy atom. The predicted octanol–water partition coefficient (Wildman–Crippen LogP) is 2.89. The summed E-state index contributed by atoms with van der Waals surface area (Å²) in [4.78, 5) is 20.5. The molecule has 0 bridgehead atoms. The van der Waals surface area contributed by atoms with E-state index in [0.717, 1.165) is 17.4 Å². The lowest BCUT2D eigenvalue weighted by Gasteiger charge is -2.36. The molecule has 0 saturated carbocycles. The molecule has 32 heavy (non-hydrogen) atoms. The number of piperazine rings is 1. The third-order valence-electron chi connectivity index (χ3n) is 5.31. The van der Waals surface area contributed by atoms with Gasteiger partial charge in [0.25, 0.3) is 0 Å². The first-order chi connectivity index (χ1) is 15.4. The van der Waals surface area contributed by atoms with Gasteiger partial charge in [-0.25, -0.2) is 23.2 Å². The average Bonchev–Trinajstić information content (AvgIpc) is 3.22. The molecule has 1 N–H and O–H groups in total. The van der Waals surface area contributed by atoms with Crippen molar-refractivity contribution in [3.63, 3.8) is 0 Å². The van der Waals surface area contributed by atoms with Crippen molar-refractivity contribution in [2.75, 3.05) is 38.2 Å². The summed E-state index contributed by atoms with van der Waals surface area (Å²) in [5.74, 6) is 0.0227. The fourth-order valence-corrected chi connectivity index (χ4v) is 3.68. The maximum Gasteiger partial charge on any atom is 0.317 e. The molecule has 168 valence electrons. The van der Waals surface area contributed by atoms with Crippen molar-refractivity contribution in [3.05, 3.63) is 65.7 Å². The molecule has 0 aliphatic carbocycles. The van der Waals surface area contributed by atoms with Crippen LogP contribution in [0.3, 0.4) is 0 Å². The van der Waals surface area contributed by atoms with Gasteiger partial charge in [-0.2, -0.15) is 5.10 Å². The van der Waals surface area contributed by atoms with E-state index >= 15 is 0 Å². The van der Waals surface area contributed by atoms with E-state index < -0.39 is 11.6 Å². The molecule has 0 spiro atoms. The van der Waals surface area contributed by atoms with E-state index in [2.05, 4.69) is 20.3 Å². The van der Waals surface area contributed by atoms with Crippen LogP contribution in [0.5, 0.6) is 5.75 Å². The molecule has 1 aromatic heterocycles. The lowest BCUT2D eigenvalue weighted by molar-refractivity contribution is 0.194. The smallest absolute Gasteiger partial charge is 0.317 e. The van der Waals surface area contributed by atoms with Gasteiger partial charge < -0.3 is 19.9 Å². The van der Waals surface area contributed by atoms with Gasteiger partial charge in [0.05, 0.1) is 7.11 Å². The maximum atomic E-state index is 13.3. The number of nitrogens with one attached hydrogen (secondary N) is 1. The monoisotopic (exact) mass is 442 g/mol. The van der Waals surface area contributed by atoms with Crippen molar-refractivity contribution in [2.45, 2.75) is 13.5 Å². The number of aryl methyl sites for hydroxylation is 1. The van der Waals surface area contributed by atoms with Gasteiger partial charge in [-0.15, -0.1) is 0 Å². The van der Waals surface area contributed by atoms with Crippen molar-refractivity contribution >= 4 is 11.7 Å². The molecule has 10 heteroatoms. The van der Waals surface area contributed by atoms with Crippen LogP contribution in [-0.4, -0.2) is 59.0 Å². The molecule has 1 aliphatic rings. The number of carbonyl (C=O) groups is 1. The Balaban J connectivity index is 1.35. The zero-order chi connectivity index (χ0) is 22.7. The number of aromatic nitrogens is 3. The number of benzene rings is 2. The summed E-state index contributed by atoms with van der Waals surface area (Å²) in [5, 5.41) is 7.05. The first kappa shape index (κ1) is 21.5. The molecule has 4 rings (SSSR count). The molecule has 1 aliphatic heterocycles. The summed E-state index contributed by atoms with van der Waals surface area (Å²) in [6.07, 6.45) is 1.64. The van der Waals surface area contributed by atoms with E-state index in [4.69, 9.17) is 4.74 Å². The van der Waals surface area contributed by atoms with E-state index in [1.165, 1.54) is 12.1 Å². The van der Waals surface area contributed by atoms with Gasteiger partial charge >= 0.3 is 6.03 Å². The minimum Gasteiger partial charge on any atom is -0.494 e. The maximum absolute atomic E-state index is 13.3. The number of nitrogens with zero attached hydrogens (tertiary/aromatic N) is 5. The molecule has 0 radical (unpaired) electrons. The van der Waals surface area contributed by atoms with Gasteiger partial charge in [-0.05, 0) is 36.8 Å².